The number of aryl methyl sites for hydroxylation is 1. The maximum Gasteiger partial charge on any atom is 0.261 e. The number of carbonyl (C=O) groups is 1. The maximum atomic E-state index is 13.0. The molecule has 7 heteroatoms. The van der Waals surface area contributed by atoms with Crippen LogP contribution in [-0.2, 0) is 10.2 Å². The van der Waals surface area contributed by atoms with Crippen LogP contribution in [0.2, 0.25) is 0 Å². The molecule has 37 heavy (non-hydrogen) atoms. The lowest BCUT2D eigenvalue weighted by atomic mass is 9.86. The number of nitrogens with zero attached hydrogens (tertiary/aromatic N) is 1. The Bertz CT molecular complexity index is 1070. The van der Waals surface area contributed by atoms with Crippen LogP contribution in [0, 0.1) is 20.8 Å². The molecule has 0 saturated carbocycles. The van der Waals surface area contributed by atoms with Crippen molar-refractivity contribution >= 4 is 17.3 Å². The Morgan fingerprint density at radius 2 is 1.81 bits per heavy atom. The molecular weight excluding hydrogens is 464 g/mol. The van der Waals surface area contributed by atoms with E-state index in [4.69, 9.17) is 10.5 Å². The molecule has 1 fully saturated rings. The highest BCUT2D eigenvalue weighted by Gasteiger charge is 2.27. The molecule has 0 spiro atoms. The second-order valence-electron chi connectivity index (χ2n) is 11.4. The Kier molecular flexibility index (Phi) is 9.48. The zero-order chi connectivity index (χ0) is 27.3. The normalized spacial score (nSPS) is 16.8. The van der Waals surface area contributed by atoms with Gasteiger partial charge in [0, 0.05) is 37.1 Å². The highest BCUT2D eigenvalue weighted by molar-refractivity contribution is 5.81. The van der Waals surface area contributed by atoms with E-state index in [9.17, 15) is 9.90 Å². The summed E-state index contributed by atoms with van der Waals surface area (Å²) in [6, 6.07) is 10.2. The molecule has 1 heterocycles. The second kappa shape index (κ2) is 12.2. The molecule has 2 aromatic carbocycles. The summed E-state index contributed by atoms with van der Waals surface area (Å²) in [7, 11) is 0. The van der Waals surface area contributed by atoms with Crippen LogP contribution in [0.1, 0.15) is 69.2 Å². The predicted octanol–water partition coefficient (Wildman–Crippen LogP) is 4.66. The fourth-order valence-corrected chi connectivity index (χ4v) is 4.95. The van der Waals surface area contributed by atoms with E-state index in [1.165, 1.54) is 5.56 Å². The first-order valence-electron chi connectivity index (χ1n) is 13.5. The van der Waals surface area contributed by atoms with Gasteiger partial charge in [0.2, 0.25) is 0 Å². The van der Waals surface area contributed by atoms with Gasteiger partial charge in [0.05, 0.1) is 0 Å². The minimum absolute atomic E-state index is 0.00977. The summed E-state index contributed by atoms with van der Waals surface area (Å²) in [5.74, 6) is 0.642. The van der Waals surface area contributed by atoms with E-state index < -0.39 is 12.3 Å². The van der Waals surface area contributed by atoms with Gasteiger partial charge >= 0.3 is 0 Å². The van der Waals surface area contributed by atoms with Crippen LogP contribution in [-0.4, -0.2) is 53.9 Å². The van der Waals surface area contributed by atoms with Crippen LogP contribution in [0.3, 0.4) is 0 Å². The van der Waals surface area contributed by atoms with Crippen molar-refractivity contribution in [2.75, 3.05) is 30.7 Å². The molecule has 0 aliphatic carbocycles. The first-order chi connectivity index (χ1) is 17.4. The molecule has 0 bridgehead atoms. The van der Waals surface area contributed by atoms with Crippen molar-refractivity contribution in [2.24, 2.45) is 0 Å². The summed E-state index contributed by atoms with van der Waals surface area (Å²) >= 11 is 0. The summed E-state index contributed by atoms with van der Waals surface area (Å²) in [6.07, 6.45) is 1.05. The fourth-order valence-electron chi connectivity index (χ4n) is 4.95. The van der Waals surface area contributed by atoms with Gasteiger partial charge in [0.25, 0.3) is 5.91 Å². The van der Waals surface area contributed by atoms with Gasteiger partial charge in [-0.05, 0) is 79.8 Å². The molecule has 2 aromatic rings. The molecule has 0 aromatic heterocycles. The molecule has 2 unspecified atom stereocenters. The number of anilines is 2. The number of nitrogens with two attached hydrogens (primary N) is 1. The number of piperidine rings is 1. The van der Waals surface area contributed by atoms with Crippen molar-refractivity contribution < 1.29 is 14.6 Å². The predicted molar refractivity (Wildman–Crippen MR) is 152 cm³/mol. The minimum Gasteiger partial charge on any atom is -0.480 e. The lowest BCUT2D eigenvalue weighted by molar-refractivity contribution is -0.129. The smallest absolute Gasteiger partial charge is 0.261 e. The SMILES string of the molecule is CCC(Oc1cc(C)c(N)c(C)c1C)C(=O)NC1CCN(CC(O)Nc2ccccc2C(C)(C)C)CC1. The van der Waals surface area contributed by atoms with Crippen molar-refractivity contribution in [3.8, 4) is 5.75 Å². The molecule has 5 N–H and O–H groups in total. The average molecular weight is 511 g/mol. The number of β-amino-alcohol motifs (C(OH)–C–C–N with tert-alkyl or cyclic N) is 1. The van der Waals surface area contributed by atoms with Crippen molar-refractivity contribution in [2.45, 2.75) is 91.5 Å². The quantitative estimate of drug-likeness (QED) is 0.289. The van der Waals surface area contributed by atoms with E-state index in [1.807, 2.05) is 52.0 Å². The number of nitrogen functional groups attached to an aromatic ring is 1. The highest BCUT2D eigenvalue weighted by Crippen LogP contribution is 2.31. The lowest BCUT2D eigenvalue weighted by Crippen LogP contribution is -2.50. The standard InChI is InChI=1S/C30H46N4O3/c1-8-25(37-26-17-19(2)28(31)21(4)20(26)3)29(36)32-22-13-15-34(16-14-22)18-27(35)33-24-12-10-9-11-23(24)30(5,6)7/h9-12,17,22,25,27,33,35H,8,13-16,18,31H2,1-7H3,(H,32,36). The number of rotatable bonds is 9. The minimum atomic E-state index is -0.664. The van der Waals surface area contributed by atoms with Gasteiger partial charge in [-0.3, -0.25) is 9.69 Å². The third-order valence-electron chi connectivity index (χ3n) is 7.46. The Morgan fingerprint density at radius 3 is 2.43 bits per heavy atom. The van der Waals surface area contributed by atoms with E-state index in [2.05, 4.69) is 42.4 Å². The number of aliphatic hydroxyl groups excluding tert-OH is 1. The molecule has 1 aliphatic heterocycles. The van der Waals surface area contributed by atoms with Gasteiger partial charge in [0.15, 0.2) is 6.10 Å². The average Bonchev–Trinajstić information content (AvgIpc) is 2.84. The zero-order valence-corrected chi connectivity index (χ0v) is 23.6. The first kappa shape index (κ1) is 28.8. The molecule has 1 amide bonds. The van der Waals surface area contributed by atoms with Crippen molar-refractivity contribution in [3.63, 3.8) is 0 Å². The number of hydrogen-bond acceptors (Lipinski definition) is 6. The number of nitrogens with one attached hydrogen (secondary N) is 2. The number of hydrogen-bond donors (Lipinski definition) is 4. The molecule has 7 nitrogen and oxygen atoms in total. The van der Waals surface area contributed by atoms with E-state index in [0.29, 0.717) is 13.0 Å². The van der Waals surface area contributed by atoms with Gasteiger partial charge in [-0.25, -0.2) is 0 Å². The van der Waals surface area contributed by atoms with Crippen LogP contribution in [0.15, 0.2) is 30.3 Å². The molecule has 1 saturated heterocycles. The third-order valence-corrected chi connectivity index (χ3v) is 7.46. The molecule has 2 atom stereocenters. The van der Waals surface area contributed by atoms with Crippen LogP contribution >= 0.6 is 0 Å². The van der Waals surface area contributed by atoms with Gasteiger partial charge in [0.1, 0.15) is 12.0 Å². The number of para-hydroxylation sites is 1. The Morgan fingerprint density at radius 1 is 1.16 bits per heavy atom. The number of amides is 1. The van der Waals surface area contributed by atoms with Gasteiger partial charge < -0.3 is 26.2 Å². The molecule has 1 aliphatic rings. The second-order valence-corrected chi connectivity index (χ2v) is 11.4. The summed E-state index contributed by atoms with van der Waals surface area (Å²) in [5.41, 5.74) is 12.0. The summed E-state index contributed by atoms with van der Waals surface area (Å²) in [5, 5.41) is 17.2. The van der Waals surface area contributed by atoms with Crippen molar-refractivity contribution in [1.82, 2.24) is 10.2 Å². The van der Waals surface area contributed by atoms with Crippen LogP contribution in [0.25, 0.3) is 0 Å². The summed E-state index contributed by atoms with van der Waals surface area (Å²) in [4.78, 5) is 15.3. The molecule has 3 rings (SSSR count). The number of carbonyl (C=O) groups excluding carboxylic acids is 1. The maximum absolute atomic E-state index is 13.0. The number of benzene rings is 2. The Labute approximate surface area is 222 Å². The number of aliphatic hydroxyl groups is 1. The van der Waals surface area contributed by atoms with Gasteiger partial charge in [-0.15, -0.1) is 0 Å². The fraction of sp³-hybridized carbons (Fsp3) is 0.567. The third kappa shape index (κ3) is 7.39. The van der Waals surface area contributed by atoms with Gasteiger partial charge in [-0.1, -0.05) is 45.9 Å². The Balaban J connectivity index is 1.50. The Hall–Kier alpha value is -2.77. The van der Waals surface area contributed by atoms with E-state index in [-0.39, 0.29) is 17.4 Å². The van der Waals surface area contributed by atoms with Crippen molar-refractivity contribution in [3.05, 3.63) is 52.6 Å². The molecule has 0 radical (unpaired) electrons. The van der Waals surface area contributed by atoms with E-state index >= 15 is 0 Å². The van der Waals surface area contributed by atoms with Crippen LogP contribution in [0.4, 0.5) is 11.4 Å². The highest BCUT2D eigenvalue weighted by atomic mass is 16.5. The monoisotopic (exact) mass is 510 g/mol. The van der Waals surface area contributed by atoms with Crippen molar-refractivity contribution in [1.29, 1.82) is 0 Å². The summed E-state index contributed by atoms with van der Waals surface area (Å²) in [6.45, 7) is 16.6. The number of likely N-dealkylation sites (tertiary alicyclic amines) is 1. The van der Waals surface area contributed by atoms with Gasteiger partial charge in [-0.2, -0.15) is 0 Å². The van der Waals surface area contributed by atoms with E-state index in [1.54, 1.807) is 0 Å². The first-order valence-corrected chi connectivity index (χ1v) is 13.5. The van der Waals surface area contributed by atoms with Crippen LogP contribution < -0.4 is 21.1 Å². The topological polar surface area (TPSA) is 99.8 Å². The van der Waals surface area contributed by atoms with E-state index in [0.717, 1.165) is 59.7 Å². The number of ether oxygens (including phenoxy) is 1. The molecular formula is C30H46N4O3. The van der Waals surface area contributed by atoms with Crippen LogP contribution in [0.5, 0.6) is 5.75 Å². The summed E-state index contributed by atoms with van der Waals surface area (Å²) < 4.78 is 6.16. The lowest BCUT2D eigenvalue weighted by Gasteiger charge is -2.34. The zero-order valence-electron chi connectivity index (χ0n) is 23.6. The molecule has 204 valence electrons. The largest absolute Gasteiger partial charge is 0.480 e.